The van der Waals surface area contributed by atoms with Crippen LogP contribution in [0.25, 0.3) is 11.1 Å². The summed E-state index contributed by atoms with van der Waals surface area (Å²) in [5.74, 6) is 2.99. The van der Waals surface area contributed by atoms with Crippen LogP contribution in [-0.4, -0.2) is 33.2 Å². The SMILES string of the molecule is COc1c(O)cc2c(c1OC)-c1c(cc3c(c1OC)OCO3)[C@@H]1O[C@H]2[C@@H](C)[C@H]1C. The van der Waals surface area contributed by atoms with Crippen molar-refractivity contribution in [3.63, 3.8) is 0 Å². The Balaban J connectivity index is 1.94. The van der Waals surface area contributed by atoms with Crippen molar-refractivity contribution in [2.75, 3.05) is 28.1 Å². The number of benzene rings is 2. The maximum absolute atomic E-state index is 10.6. The molecule has 3 aliphatic rings. The van der Waals surface area contributed by atoms with Crippen molar-refractivity contribution in [1.82, 2.24) is 0 Å². The van der Waals surface area contributed by atoms with Gasteiger partial charge in [0.15, 0.2) is 23.0 Å². The van der Waals surface area contributed by atoms with Crippen LogP contribution in [0.5, 0.6) is 34.5 Å². The van der Waals surface area contributed by atoms with Crippen LogP contribution in [0.15, 0.2) is 12.1 Å². The first-order valence-corrected chi connectivity index (χ1v) is 9.65. The van der Waals surface area contributed by atoms with Gasteiger partial charge in [-0.1, -0.05) is 13.8 Å². The van der Waals surface area contributed by atoms with Crippen LogP contribution in [0.1, 0.15) is 37.2 Å². The zero-order valence-electron chi connectivity index (χ0n) is 17.1. The van der Waals surface area contributed by atoms with E-state index in [4.69, 9.17) is 28.4 Å². The lowest BCUT2D eigenvalue weighted by molar-refractivity contribution is 0.0312. The van der Waals surface area contributed by atoms with E-state index in [2.05, 4.69) is 13.8 Å². The molecule has 5 rings (SSSR count). The molecule has 1 fully saturated rings. The third-order valence-corrected chi connectivity index (χ3v) is 6.45. The number of aromatic hydroxyl groups is 1. The summed E-state index contributed by atoms with van der Waals surface area (Å²) in [6.07, 6.45) is -0.358. The summed E-state index contributed by atoms with van der Waals surface area (Å²) in [6.45, 7) is 4.49. The van der Waals surface area contributed by atoms with E-state index in [1.165, 1.54) is 7.11 Å². The van der Waals surface area contributed by atoms with E-state index in [9.17, 15) is 5.11 Å². The molecule has 2 bridgehead atoms. The molecule has 0 aliphatic carbocycles. The van der Waals surface area contributed by atoms with E-state index < -0.39 is 0 Å². The molecule has 0 aromatic heterocycles. The maximum atomic E-state index is 10.6. The van der Waals surface area contributed by atoms with Crippen LogP contribution in [-0.2, 0) is 4.74 Å². The van der Waals surface area contributed by atoms with Gasteiger partial charge >= 0.3 is 0 Å². The number of phenolic OH excluding ortho intramolecular Hbond substituents is 1. The highest BCUT2D eigenvalue weighted by atomic mass is 16.7. The zero-order chi connectivity index (χ0) is 20.4. The largest absolute Gasteiger partial charge is 0.504 e. The van der Waals surface area contributed by atoms with Gasteiger partial charge in [-0.2, -0.15) is 0 Å². The van der Waals surface area contributed by atoms with E-state index in [0.717, 1.165) is 22.3 Å². The molecule has 3 aliphatic heterocycles. The summed E-state index contributed by atoms with van der Waals surface area (Å²) < 4.78 is 35.0. The first kappa shape index (κ1) is 18.2. The Labute approximate surface area is 169 Å². The average molecular weight is 400 g/mol. The lowest BCUT2D eigenvalue weighted by Gasteiger charge is -2.27. The minimum absolute atomic E-state index is 0.0122. The van der Waals surface area contributed by atoms with Crippen molar-refractivity contribution < 1.29 is 33.5 Å². The summed E-state index contributed by atoms with van der Waals surface area (Å²) in [5, 5.41) is 10.6. The first-order chi connectivity index (χ1) is 14.0. The van der Waals surface area contributed by atoms with Crippen LogP contribution < -0.4 is 23.7 Å². The number of fused-ring (bicyclic) bond motifs is 8. The molecule has 2 aromatic carbocycles. The Hall–Kier alpha value is -2.80. The quantitative estimate of drug-likeness (QED) is 0.827. The Morgan fingerprint density at radius 1 is 0.828 bits per heavy atom. The normalized spacial score (nSPS) is 25.8. The van der Waals surface area contributed by atoms with E-state index in [1.54, 1.807) is 20.3 Å². The number of hydrogen-bond acceptors (Lipinski definition) is 7. The van der Waals surface area contributed by atoms with Crippen molar-refractivity contribution in [3.8, 4) is 45.6 Å². The molecule has 7 heteroatoms. The van der Waals surface area contributed by atoms with E-state index >= 15 is 0 Å². The van der Waals surface area contributed by atoms with Gasteiger partial charge in [-0.25, -0.2) is 0 Å². The Bertz CT molecular complexity index is 983. The molecule has 0 unspecified atom stereocenters. The van der Waals surface area contributed by atoms with Crippen LogP contribution in [0, 0.1) is 11.8 Å². The fourth-order valence-corrected chi connectivity index (χ4v) is 4.90. The van der Waals surface area contributed by atoms with Crippen LogP contribution in [0.4, 0.5) is 0 Å². The molecule has 154 valence electrons. The number of methoxy groups -OCH3 is 3. The predicted molar refractivity (Wildman–Crippen MR) is 104 cm³/mol. The number of ether oxygens (including phenoxy) is 6. The summed E-state index contributed by atoms with van der Waals surface area (Å²) in [6, 6.07) is 3.69. The number of rotatable bonds is 3. The lowest BCUT2D eigenvalue weighted by Crippen LogP contribution is -2.14. The van der Waals surface area contributed by atoms with Gasteiger partial charge in [0.2, 0.25) is 18.3 Å². The fourth-order valence-electron chi connectivity index (χ4n) is 4.90. The van der Waals surface area contributed by atoms with Gasteiger partial charge in [0, 0.05) is 11.1 Å². The summed E-state index contributed by atoms with van der Waals surface area (Å²) in [4.78, 5) is 0. The van der Waals surface area contributed by atoms with Crippen LogP contribution in [0.3, 0.4) is 0 Å². The smallest absolute Gasteiger partial charge is 0.231 e. The van der Waals surface area contributed by atoms with Crippen LogP contribution >= 0.6 is 0 Å². The topological polar surface area (TPSA) is 75.6 Å². The maximum Gasteiger partial charge on any atom is 0.231 e. The molecule has 3 heterocycles. The number of hydrogen-bond donors (Lipinski definition) is 1. The molecule has 7 nitrogen and oxygen atoms in total. The van der Waals surface area contributed by atoms with Gasteiger partial charge in [-0.15, -0.1) is 0 Å². The molecule has 1 saturated heterocycles. The van der Waals surface area contributed by atoms with Gasteiger partial charge in [-0.3, -0.25) is 0 Å². The van der Waals surface area contributed by atoms with E-state index in [1.807, 2.05) is 6.07 Å². The molecule has 29 heavy (non-hydrogen) atoms. The van der Waals surface area contributed by atoms with Gasteiger partial charge in [0.05, 0.1) is 33.5 Å². The standard InChI is InChI=1S/C22H24O7/c1-9-10(2)18-12-7-14-20(28-8-27-14)22(26-5)16(12)15-11(17(9)29-18)6-13(23)19(24-3)21(15)25-4/h6-7,9-10,17-18,23H,8H2,1-5H3/t9-,10+,17-,18+/m0/s1. The van der Waals surface area contributed by atoms with E-state index in [-0.39, 0.29) is 42.3 Å². The molecule has 0 saturated carbocycles. The van der Waals surface area contributed by atoms with Crippen molar-refractivity contribution in [1.29, 1.82) is 0 Å². The second-order valence-corrected chi connectivity index (χ2v) is 7.73. The van der Waals surface area contributed by atoms with Crippen molar-refractivity contribution >= 4 is 0 Å². The van der Waals surface area contributed by atoms with Crippen molar-refractivity contribution in [2.45, 2.75) is 26.1 Å². The Kier molecular flexibility index (Phi) is 4.00. The van der Waals surface area contributed by atoms with Gasteiger partial charge < -0.3 is 33.5 Å². The molecule has 1 N–H and O–H groups in total. The highest BCUT2D eigenvalue weighted by Crippen LogP contribution is 2.63. The summed E-state index contributed by atoms with van der Waals surface area (Å²) in [7, 11) is 4.68. The highest BCUT2D eigenvalue weighted by molar-refractivity contribution is 5.89. The third-order valence-electron chi connectivity index (χ3n) is 6.45. The molecule has 2 aromatic rings. The summed E-state index contributed by atoms with van der Waals surface area (Å²) >= 11 is 0. The second-order valence-electron chi connectivity index (χ2n) is 7.73. The second kappa shape index (κ2) is 6.35. The molecule has 0 spiro atoms. The third kappa shape index (κ3) is 2.28. The zero-order valence-corrected chi connectivity index (χ0v) is 17.1. The van der Waals surface area contributed by atoms with Gasteiger partial charge in [-0.05, 0) is 35.1 Å². The number of phenols is 1. The Morgan fingerprint density at radius 3 is 2.03 bits per heavy atom. The fraction of sp³-hybridized carbons (Fsp3) is 0.455. The predicted octanol–water partition coefficient (Wildman–Crippen LogP) is 4.21. The highest BCUT2D eigenvalue weighted by Gasteiger charge is 2.48. The van der Waals surface area contributed by atoms with Crippen LogP contribution in [0.2, 0.25) is 0 Å². The molecule has 4 atom stereocenters. The average Bonchev–Trinajstić information content (AvgIpc) is 3.26. The minimum atomic E-state index is -0.204. The minimum Gasteiger partial charge on any atom is -0.504 e. The van der Waals surface area contributed by atoms with Crippen molar-refractivity contribution in [3.05, 3.63) is 23.3 Å². The Morgan fingerprint density at radius 2 is 1.41 bits per heavy atom. The molecule has 0 amide bonds. The summed E-state index contributed by atoms with van der Waals surface area (Å²) in [5.41, 5.74) is 3.42. The molecule has 0 radical (unpaired) electrons. The lowest BCUT2D eigenvalue weighted by atomic mass is 9.77. The van der Waals surface area contributed by atoms with Gasteiger partial charge in [0.25, 0.3) is 0 Å². The van der Waals surface area contributed by atoms with Gasteiger partial charge in [0.1, 0.15) is 0 Å². The monoisotopic (exact) mass is 400 g/mol. The first-order valence-electron chi connectivity index (χ1n) is 9.65. The van der Waals surface area contributed by atoms with Crippen molar-refractivity contribution in [2.24, 2.45) is 11.8 Å². The molecular weight excluding hydrogens is 376 g/mol. The van der Waals surface area contributed by atoms with E-state index in [0.29, 0.717) is 23.0 Å². The molecular formula is C22H24O7.